The third-order valence-electron chi connectivity index (χ3n) is 0.634. The Bertz CT molecular complexity index is 52.0. The van der Waals surface area contributed by atoms with Crippen molar-refractivity contribution in [1.82, 2.24) is 0 Å². The van der Waals surface area contributed by atoms with Gasteiger partial charge < -0.3 is 5.11 Å². The summed E-state index contributed by atoms with van der Waals surface area (Å²) in [6, 6.07) is 0. The normalized spacial score (nSPS) is 10.4. The van der Waals surface area contributed by atoms with Crippen molar-refractivity contribution in [2.45, 2.75) is 12.8 Å². The molecule has 0 aliphatic rings. The van der Waals surface area contributed by atoms with Gasteiger partial charge in [0.15, 0.2) is 0 Å². The number of aliphatic hydroxyl groups is 1. The Hall–Kier alpha value is -0.110. The van der Waals surface area contributed by atoms with Crippen LogP contribution in [0.25, 0.3) is 0 Å². The lowest BCUT2D eigenvalue weighted by Crippen LogP contribution is -1.69. The van der Waals surface area contributed by atoms with Gasteiger partial charge in [-0.15, -0.1) is 0 Å². The van der Waals surface area contributed by atoms with Crippen molar-refractivity contribution in [3.63, 3.8) is 0 Å². The molecule has 0 aromatic rings. The van der Waals surface area contributed by atoms with Crippen molar-refractivity contribution >= 4 is 12.6 Å². The van der Waals surface area contributed by atoms with Crippen LogP contribution in [-0.4, -0.2) is 10.9 Å². The van der Waals surface area contributed by atoms with Gasteiger partial charge in [-0.2, -0.15) is 12.6 Å². The molecule has 0 aliphatic heterocycles. The van der Waals surface area contributed by atoms with Crippen molar-refractivity contribution in [2.75, 3.05) is 5.75 Å². The van der Waals surface area contributed by atoms with Crippen LogP contribution in [0.1, 0.15) is 12.8 Å². The van der Waals surface area contributed by atoms with Gasteiger partial charge in [-0.1, -0.05) is 6.08 Å². The minimum atomic E-state index is 0.893. The molecule has 1 N–H and O–H groups in total. The fourth-order valence-electron chi connectivity index (χ4n) is 0.284. The molecule has 7 heavy (non-hydrogen) atoms. The molecule has 0 atom stereocenters. The summed E-state index contributed by atoms with van der Waals surface area (Å²) in [6.07, 6.45) is 4.76. The Balaban J connectivity index is 2.69. The summed E-state index contributed by atoms with van der Waals surface area (Å²) in [4.78, 5) is 0. The lowest BCUT2D eigenvalue weighted by Gasteiger charge is -1.82. The van der Waals surface area contributed by atoms with Crippen LogP contribution in [0.4, 0.5) is 0 Å². The average Bonchev–Trinajstić information content (AvgIpc) is 1.69. The second kappa shape index (κ2) is 5.89. The van der Waals surface area contributed by atoms with E-state index in [2.05, 4.69) is 12.6 Å². The molecular weight excluding hydrogens is 108 g/mol. The number of hydrogen-bond acceptors (Lipinski definition) is 2. The van der Waals surface area contributed by atoms with Gasteiger partial charge in [0.25, 0.3) is 0 Å². The number of allylic oxidation sites excluding steroid dienone is 1. The van der Waals surface area contributed by atoms with Gasteiger partial charge in [0.05, 0.1) is 6.26 Å². The molecule has 0 aromatic carbocycles. The molecule has 42 valence electrons. The Morgan fingerprint density at radius 1 is 1.57 bits per heavy atom. The highest BCUT2D eigenvalue weighted by molar-refractivity contribution is 7.80. The minimum Gasteiger partial charge on any atom is -0.516 e. The van der Waals surface area contributed by atoms with Crippen molar-refractivity contribution in [3.8, 4) is 0 Å². The molecule has 0 fully saturated rings. The molecule has 0 saturated carbocycles. The molecule has 0 bridgehead atoms. The quantitative estimate of drug-likeness (QED) is 0.329. The van der Waals surface area contributed by atoms with Gasteiger partial charge in [-0.25, -0.2) is 0 Å². The van der Waals surface area contributed by atoms with Crippen molar-refractivity contribution in [1.29, 1.82) is 0 Å². The van der Waals surface area contributed by atoms with Crippen LogP contribution in [0, 0.1) is 0 Å². The summed E-state index contributed by atoms with van der Waals surface area (Å²) in [6.45, 7) is 0. The predicted octanol–water partition coefficient (Wildman–Crippen LogP) is 1.77. The number of rotatable bonds is 3. The zero-order valence-corrected chi connectivity index (χ0v) is 5.06. The fraction of sp³-hybridized carbons (Fsp3) is 0.600. The molecule has 0 rings (SSSR count). The van der Waals surface area contributed by atoms with Crippen LogP contribution in [0.5, 0.6) is 0 Å². The van der Waals surface area contributed by atoms with E-state index in [1.54, 1.807) is 6.08 Å². The van der Waals surface area contributed by atoms with Crippen molar-refractivity contribution in [2.24, 2.45) is 0 Å². The molecular formula is C5H10OS. The van der Waals surface area contributed by atoms with Gasteiger partial charge >= 0.3 is 0 Å². The molecule has 0 heterocycles. The van der Waals surface area contributed by atoms with E-state index in [0.717, 1.165) is 24.9 Å². The van der Waals surface area contributed by atoms with Gasteiger partial charge in [-0.05, 0) is 18.6 Å². The monoisotopic (exact) mass is 118 g/mol. The fourth-order valence-corrected chi connectivity index (χ4v) is 0.466. The van der Waals surface area contributed by atoms with E-state index in [9.17, 15) is 0 Å². The van der Waals surface area contributed by atoms with Gasteiger partial charge in [0.2, 0.25) is 0 Å². The van der Waals surface area contributed by atoms with E-state index in [-0.39, 0.29) is 0 Å². The van der Waals surface area contributed by atoms with E-state index in [4.69, 9.17) is 5.11 Å². The maximum Gasteiger partial charge on any atom is 0.0751 e. The maximum atomic E-state index is 8.09. The standard InChI is InChI=1S/C5H10OS/c6-4-2-1-3-5-7/h2,4,6-7H,1,3,5H2. The van der Waals surface area contributed by atoms with Crippen LogP contribution in [0.2, 0.25) is 0 Å². The molecule has 0 unspecified atom stereocenters. The molecule has 2 heteroatoms. The lowest BCUT2D eigenvalue weighted by atomic mass is 10.3. The highest BCUT2D eigenvalue weighted by atomic mass is 32.1. The third kappa shape index (κ3) is 5.89. The Labute approximate surface area is 49.5 Å². The van der Waals surface area contributed by atoms with Crippen LogP contribution >= 0.6 is 12.6 Å². The topological polar surface area (TPSA) is 20.2 Å². The van der Waals surface area contributed by atoms with Crippen LogP contribution in [0.15, 0.2) is 12.3 Å². The Morgan fingerprint density at radius 3 is 2.71 bits per heavy atom. The second-order valence-corrected chi connectivity index (χ2v) is 1.70. The summed E-state index contributed by atoms with van der Waals surface area (Å²) in [5, 5.41) is 8.09. The molecule has 0 spiro atoms. The molecule has 0 radical (unpaired) electrons. The molecule has 0 saturated heterocycles. The number of thiol groups is 1. The summed E-state index contributed by atoms with van der Waals surface area (Å²) in [7, 11) is 0. The highest BCUT2D eigenvalue weighted by Crippen LogP contribution is 1.90. The van der Waals surface area contributed by atoms with Crippen LogP contribution in [-0.2, 0) is 0 Å². The Kier molecular flexibility index (Phi) is 5.80. The molecule has 0 amide bonds. The van der Waals surface area contributed by atoms with Crippen molar-refractivity contribution in [3.05, 3.63) is 12.3 Å². The number of hydrogen-bond donors (Lipinski definition) is 2. The van der Waals surface area contributed by atoms with E-state index in [1.165, 1.54) is 0 Å². The number of unbranched alkanes of at least 4 members (excludes halogenated alkanes) is 1. The smallest absolute Gasteiger partial charge is 0.0751 e. The minimum absolute atomic E-state index is 0.893. The SMILES string of the molecule is OC=CCCCS. The largest absolute Gasteiger partial charge is 0.516 e. The average molecular weight is 118 g/mol. The first-order valence-electron chi connectivity index (χ1n) is 2.32. The molecule has 0 aromatic heterocycles. The van der Waals surface area contributed by atoms with Gasteiger partial charge in [0, 0.05) is 0 Å². The lowest BCUT2D eigenvalue weighted by molar-refractivity contribution is 0.470. The van der Waals surface area contributed by atoms with E-state index >= 15 is 0 Å². The van der Waals surface area contributed by atoms with Gasteiger partial charge in [-0.3, -0.25) is 0 Å². The molecule has 1 nitrogen and oxygen atoms in total. The number of aliphatic hydroxyl groups excluding tert-OH is 1. The van der Waals surface area contributed by atoms with E-state index < -0.39 is 0 Å². The first-order valence-corrected chi connectivity index (χ1v) is 2.95. The maximum absolute atomic E-state index is 8.09. The van der Waals surface area contributed by atoms with E-state index in [1.807, 2.05) is 0 Å². The predicted molar refractivity (Wildman–Crippen MR) is 34.9 cm³/mol. The Morgan fingerprint density at radius 2 is 2.29 bits per heavy atom. The second-order valence-electron chi connectivity index (χ2n) is 1.25. The zero-order chi connectivity index (χ0) is 5.54. The molecule has 0 aliphatic carbocycles. The zero-order valence-electron chi connectivity index (χ0n) is 4.17. The highest BCUT2D eigenvalue weighted by Gasteiger charge is 1.74. The summed E-state index contributed by atoms with van der Waals surface area (Å²) >= 11 is 3.98. The first-order chi connectivity index (χ1) is 3.41. The van der Waals surface area contributed by atoms with Gasteiger partial charge in [0.1, 0.15) is 0 Å². The van der Waals surface area contributed by atoms with Crippen molar-refractivity contribution < 1.29 is 5.11 Å². The van der Waals surface area contributed by atoms with Crippen LogP contribution in [0.3, 0.4) is 0 Å². The van der Waals surface area contributed by atoms with Crippen LogP contribution < -0.4 is 0 Å². The summed E-state index contributed by atoms with van der Waals surface area (Å²) < 4.78 is 0. The summed E-state index contributed by atoms with van der Waals surface area (Å²) in [5.41, 5.74) is 0. The first kappa shape index (κ1) is 6.89. The van der Waals surface area contributed by atoms with E-state index in [0.29, 0.717) is 0 Å². The third-order valence-corrected chi connectivity index (χ3v) is 0.951. The summed E-state index contributed by atoms with van der Waals surface area (Å²) in [5.74, 6) is 0.893.